The third-order valence-electron chi connectivity index (χ3n) is 4.97. The van der Waals surface area contributed by atoms with Crippen molar-refractivity contribution in [2.24, 2.45) is 0 Å². The van der Waals surface area contributed by atoms with Gasteiger partial charge in [-0.1, -0.05) is 17.7 Å². The molecule has 30 heavy (non-hydrogen) atoms. The van der Waals surface area contributed by atoms with Crippen molar-refractivity contribution in [3.63, 3.8) is 0 Å². The van der Waals surface area contributed by atoms with Crippen LogP contribution < -0.4 is 9.64 Å². The van der Waals surface area contributed by atoms with Gasteiger partial charge in [-0.2, -0.15) is 0 Å². The molecule has 3 aromatic rings. The maximum atomic E-state index is 13.0. The molecule has 0 radical (unpaired) electrons. The molecular formula is C22H22ClN3O3S. The van der Waals surface area contributed by atoms with E-state index in [0.29, 0.717) is 35.3 Å². The van der Waals surface area contributed by atoms with Gasteiger partial charge in [0.15, 0.2) is 0 Å². The molecule has 4 rings (SSSR count). The number of aryl methyl sites for hydroxylation is 1. The average molecular weight is 444 g/mol. The minimum absolute atomic E-state index is 0.0123. The van der Waals surface area contributed by atoms with Gasteiger partial charge in [-0.05, 0) is 43.3 Å². The lowest BCUT2D eigenvalue weighted by Crippen LogP contribution is -2.48. The highest BCUT2D eigenvalue weighted by Crippen LogP contribution is 2.25. The number of thiazole rings is 1. The number of carbonyl (C=O) groups excluding carboxylic acids is 1. The monoisotopic (exact) mass is 443 g/mol. The second-order valence-electron chi connectivity index (χ2n) is 7.06. The van der Waals surface area contributed by atoms with Crippen molar-refractivity contribution in [3.8, 4) is 11.5 Å². The Morgan fingerprint density at radius 3 is 2.60 bits per heavy atom. The maximum absolute atomic E-state index is 13.0. The molecule has 0 bridgehead atoms. The van der Waals surface area contributed by atoms with Gasteiger partial charge in [0.1, 0.15) is 28.0 Å². The van der Waals surface area contributed by atoms with Crippen molar-refractivity contribution in [1.82, 2.24) is 9.88 Å². The fourth-order valence-electron chi connectivity index (χ4n) is 3.39. The number of hydrogen-bond donors (Lipinski definition) is 1. The molecule has 2 aromatic carbocycles. The Morgan fingerprint density at radius 2 is 1.90 bits per heavy atom. The van der Waals surface area contributed by atoms with Crippen LogP contribution in [-0.2, 0) is 6.61 Å². The number of benzene rings is 2. The van der Waals surface area contributed by atoms with Gasteiger partial charge in [0.25, 0.3) is 5.91 Å². The predicted octanol–water partition coefficient (Wildman–Crippen LogP) is 4.35. The van der Waals surface area contributed by atoms with Crippen LogP contribution in [0.3, 0.4) is 0 Å². The number of nitrogens with zero attached hydrogens (tertiary/aromatic N) is 3. The first-order valence-corrected chi connectivity index (χ1v) is 10.9. The van der Waals surface area contributed by atoms with E-state index >= 15 is 0 Å². The first-order valence-electron chi connectivity index (χ1n) is 9.67. The lowest BCUT2D eigenvalue weighted by molar-refractivity contribution is 0.0750. The number of amides is 1. The summed E-state index contributed by atoms with van der Waals surface area (Å²) in [6.07, 6.45) is 0. The quantitative estimate of drug-likeness (QED) is 0.635. The SMILES string of the molecule is Cc1nc(COc2ccc(Cl)cc2)sc1C(=O)N1CCN(c2cccc(O)c2)CC1. The van der Waals surface area contributed by atoms with Crippen LogP contribution in [-0.4, -0.2) is 47.1 Å². The van der Waals surface area contributed by atoms with Crippen molar-refractivity contribution in [3.05, 3.63) is 69.1 Å². The molecule has 0 atom stereocenters. The molecule has 8 heteroatoms. The van der Waals surface area contributed by atoms with Crippen molar-refractivity contribution >= 4 is 34.5 Å². The summed E-state index contributed by atoms with van der Waals surface area (Å²) in [7, 11) is 0. The number of piperazine rings is 1. The normalized spacial score (nSPS) is 14.1. The molecule has 0 spiro atoms. The fraction of sp³-hybridized carbons (Fsp3) is 0.273. The van der Waals surface area contributed by atoms with Gasteiger partial charge in [-0.15, -0.1) is 11.3 Å². The third kappa shape index (κ3) is 4.68. The van der Waals surface area contributed by atoms with Crippen LogP contribution in [0.2, 0.25) is 5.02 Å². The molecule has 2 heterocycles. The molecule has 1 N–H and O–H groups in total. The molecule has 156 valence electrons. The Morgan fingerprint density at radius 1 is 1.17 bits per heavy atom. The van der Waals surface area contributed by atoms with E-state index in [2.05, 4.69) is 9.88 Å². The number of ether oxygens (including phenoxy) is 1. The van der Waals surface area contributed by atoms with Crippen molar-refractivity contribution in [2.75, 3.05) is 31.1 Å². The average Bonchev–Trinajstić information content (AvgIpc) is 3.13. The van der Waals surface area contributed by atoms with Gasteiger partial charge in [0.05, 0.1) is 5.69 Å². The number of anilines is 1. The summed E-state index contributed by atoms with van der Waals surface area (Å²) in [5.74, 6) is 0.973. The predicted molar refractivity (Wildman–Crippen MR) is 119 cm³/mol. The number of aromatic nitrogens is 1. The summed E-state index contributed by atoms with van der Waals surface area (Å²) in [5, 5.41) is 11.1. The highest BCUT2D eigenvalue weighted by atomic mass is 35.5. The number of hydrogen-bond acceptors (Lipinski definition) is 6. The Balaban J connectivity index is 1.36. The van der Waals surface area contributed by atoms with Crippen LogP contribution in [0.25, 0.3) is 0 Å². The Bertz CT molecular complexity index is 1030. The second kappa shape index (κ2) is 8.93. The first kappa shape index (κ1) is 20.5. The summed E-state index contributed by atoms with van der Waals surface area (Å²) in [5.41, 5.74) is 1.70. The molecule has 1 aliphatic heterocycles. The van der Waals surface area contributed by atoms with Crippen LogP contribution in [0, 0.1) is 6.92 Å². The first-order chi connectivity index (χ1) is 14.5. The van der Waals surface area contributed by atoms with Crippen molar-refractivity contribution in [2.45, 2.75) is 13.5 Å². The van der Waals surface area contributed by atoms with E-state index in [-0.39, 0.29) is 11.7 Å². The smallest absolute Gasteiger partial charge is 0.265 e. The molecule has 1 aromatic heterocycles. The molecule has 0 saturated carbocycles. The molecule has 1 saturated heterocycles. The van der Waals surface area contributed by atoms with E-state index in [9.17, 15) is 9.90 Å². The van der Waals surface area contributed by atoms with E-state index in [1.54, 1.807) is 36.4 Å². The lowest BCUT2D eigenvalue weighted by atomic mass is 10.2. The van der Waals surface area contributed by atoms with Gasteiger partial charge in [0, 0.05) is 43.0 Å². The lowest BCUT2D eigenvalue weighted by Gasteiger charge is -2.36. The number of phenolic OH excluding ortho intramolecular Hbond substituents is 1. The molecule has 0 aliphatic carbocycles. The van der Waals surface area contributed by atoms with E-state index < -0.39 is 0 Å². The van der Waals surface area contributed by atoms with Crippen LogP contribution in [0.15, 0.2) is 48.5 Å². The van der Waals surface area contributed by atoms with Crippen LogP contribution >= 0.6 is 22.9 Å². The van der Waals surface area contributed by atoms with Crippen molar-refractivity contribution < 1.29 is 14.6 Å². The Kier molecular flexibility index (Phi) is 6.11. The largest absolute Gasteiger partial charge is 0.508 e. The van der Waals surface area contributed by atoms with Crippen molar-refractivity contribution in [1.29, 1.82) is 0 Å². The number of carbonyl (C=O) groups is 1. The fourth-order valence-corrected chi connectivity index (χ4v) is 4.46. The number of aromatic hydroxyl groups is 1. The molecule has 1 fully saturated rings. The summed E-state index contributed by atoms with van der Waals surface area (Å²) >= 11 is 7.27. The minimum atomic E-state index is 0.0123. The zero-order valence-electron chi connectivity index (χ0n) is 16.5. The zero-order valence-corrected chi connectivity index (χ0v) is 18.1. The van der Waals surface area contributed by atoms with E-state index in [4.69, 9.17) is 16.3 Å². The topological polar surface area (TPSA) is 65.9 Å². The van der Waals surface area contributed by atoms with Crippen LogP contribution in [0.5, 0.6) is 11.5 Å². The van der Waals surface area contributed by atoms with Gasteiger partial charge < -0.3 is 19.6 Å². The van der Waals surface area contributed by atoms with Gasteiger partial charge >= 0.3 is 0 Å². The molecule has 1 aliphatic rings. The number of halogens is 1. The van der Waals surface area contributed by atoms with Crippen LogP contribution in [0.1, 0.15) is 20.4 Å². The summed E-state index contributed by atoms with van der Waals surface area (Å²) < 4.78 is 5.75. The molecule has 6 nitrogen and oxygen atoms in total. The van der Waals surface area contributed by atoms with Crippen LogP contribution in [0.4, 0.5) is 5.69 Å². The molecule has 1 amide bonds. The Hall–Kier alpha value is -2.77. The zero-order chi connectivity index (χ0) is 21.1. The van der Waals surface area contributed by atoms with E-state index in [1.807, 2.05) is 24.0 Å². The second-order valence-corrected chi connectivity index (χ2v) is 8.58. The standard InChI is InChI=1S/C22H22ClN3O3S/c1-15-21(30-20(24-15)14-29-19-7-5-16(23)6-8-19)22(28)26-11-9-25(10-12-26)17-3-2-4-18(27)13-17/h2-8,13,27H,9-12,14H2,1H3. The molecule has 0 unspecified atom stereocenters. The molecular weight excluding hydrogens is 422 g/mol. The maximum Gasteiger partial charge on any atom is 0.265 e. The highest BCUT2D eigenvalue weighted by molar-refractivity contribution is 7.13. The summed E-state index contributed by atoms with van der Waals surface area (Å²) in [6.45, 7) is 4.87. The highest BCUT2D eigenvalue weighted by Gasteiger charge is 2.25. The Labute approximate surface area is 184 Å². The van der Waals surface area contributed by atoms with E-state index in [0.717, 1.165) is 29.5 Å². The number of phenols is 1. The summed E-state index contributed by atoms with van der Waals surface area (Å²) in [6, 6.07) is 14.4. The van der Waals surface area contributed by atoms with E-state index in [1.165, 1.54) is 11.3 Å². The number of rotatable bonds is 5. The van der Waals surface area contributed by atoms with Gasteiger partial charge in [-0.25, -0.2) is 4.98 Å². The minimum Gasteiger partial charge on any atom is -0.508 e. The third-order valence-corrected chi connectivity index (χ3v) is 6.34. The summed E-state index contributed by atoms with van der Waals surface area (Å²) in [4.78, 5) is 22.2. The van der Waals surface area contributed by atoms with Gasteiger partial charge in [-0.3, -0.25) is 4.79 Å². The van der Waals surface area contributed by atoms with Gasteiger partial charge in [0.2, 0.25) is 0 Å².